The van der Waals surface area contributed by atoms with Gasteiger partial charge in [0.2, 0.25) is 5.91 Å². The number of benzene rings is 2. The normalized spacial score (nSPS) is 11.8. The fourth-order valence-corrected chi connectivity index (χ4v) is 2.76. The smallest absolute Gasteiger partial charge is 0.223 e. The summed E-state index contributed by atoms with van der Waals surface area (Å²) in [5.41, 5.74) is 1.71. The predicted octanol–water partition coefficient (Wildman–Crippen LogP) is 4.09. The average Bonchev–Trinajstić information content (AvgIpc) is 2.52. The second kappa shape index (κ2) is 8.11. The van der Waals surface area contributed by atoms with E-state index in [4.69, 9.17) is 4.74 Å². The van der Waals surface area contributed by atoms with Crippen molar-refractivity contribution in [3.8, 4) is 5.75 Å². The van der Waals surface area contributed by atoms with Gasteiger partial charge in [-0.3, -0.25) is 4.79 Å². The van der Waals surface area contributed by atoms with Crippen molar-refractivity contribution in [3.63, 3.8) is 0 Å². The van der Waals surface area contributed by atoms with Crippen molar-refractivity contribution < 1.29 is 13.9 Å². The molecule has 1 amide bonds. The van der Waals surface area contributed by atoms with E-state index in [2.05, 4.69) is 21.2 Å². The van der Waals surface area contributed by atoms with Gasteiger partial charge in [0.15, 0.2) is 0 Å². The number of hydrogen-bond acceptors (Lipinski definition) is 2. The number of nitrogens with one attached hydrogen (secondary N) is 1. The number of ether oxygens (including phenoxy) is 1. The maximum Gasteiger partial charge on any atom is 0.223 e. The van der Waals surface area contributed by atoms with Crippen LogP contribution in [-0.4, -0.2) is 13.0 Å². The number of halogens is 2. The van der Waals surface area contributed by atoms with Crippen LogP contribution in [0, 0.1) is 11.7 Å². The SMILES string of the molecule is COc1ccc(Br)cc1CNC(=O)C(C)Cc1cccc(F)c1. The van der Waals surface area contributed by atoms with E-state index in [9.17, 15) is 9.18 Å². The van der Waals surface area contributed by atoms with Gasteiger partial charge in [0, 0.05) is 22.5 Å². The zero-order valence-electron chi connectivity index (χ0n) is 13.1. The summed E-state index contributed by atoms with van der Waals surface area (Å²) < 4.78 is 19.4. The lowest BCUT2D eigenvalue weighted by Crippen LogP contribution is -2.30. The maximum absolute atomic E-state index is 13.2. The highest BCUT2D eigenvalue weighted by atomic mass is 79.9. The van der Waals surface area contributed by atoms with E-state index < -0.39 is 0 Å². The van der Waals surface area contributed by atoms with Crippen molar-refractivity contribution >= 4 is 21.8 Å². The van der Waals surface area contributed by atoms with Gasteiger partial charge in [-0.25, -0.2) is 4.39 Å². The first kappa shape index (κ1) is 17.5. The van der Waals surface area contributed by atoms with Crippen LogP contribution in [0.3, 0.4) is 0 Å². The summed E-state index contributed by atoms with van der Waals surface area (Å²) in [4.78, 5) is 12.2. The second-order valence-corrected chi connectivity index (χ2v) is 6.32. The Morgan fingerprint density at radius 1 is 1.30 bits per heavy atom. The minimum absolute atomic E-state index is 0.0729. The Balaban J connectivity index is 1.95. The molecule has 2 rings (SSSR count). The monoisotopic (exact) mass is 379 g/mol. The molecule has 1 atom stereocenters. The Labute approximate surface area is 144 Å². The first-order chi connectivity index (χ1) is 11.0. The molecule has 0 bridgehead atoms. The van der Waals surface area contributed by atoms with E-state index in [0.29, 0.717) is 13.0 Å². The summed E-state index contributed by atoms with van der Waals surface area (Å²) in [6.07, 6.45) is 0.499. The van der Waals surface area contributed by atoms with Gasteiger partial charge in [-0.2, -0.15) is 0 Å². The van der Waals surface area contributed by atoms with Gasteiger partial charge in [-0.1, -0.05) is 35.0 Å². The zero-order valence-corrected chi connectivity index (χ0v) is 14.7. The van der Waals surface area contributed by atoms with Crippen molar-refractivity contribution in [2.24, 2.45) is 5.92 Å². The number of amides is 1. The molecule has 0 aromatic heterocycles. The average molecular weight is 380 g/mol. The Bertz CT molecular complexity index is 690. The van der Waals surface area contributed by atoms with Gasteiger partial charge in [0.25, 0.3) is 0 Å². The van der Waals surface area contributed by atoms with Crippen molar-refractivity contribution in [3.05, 3.63) is 63.9 Å². The van der Waals surface area contributed by atoms with Crippen LogP contribution in [0.2, 0.25) is 0 Å². The molecular weight excluding hydrogens is 361 g/mol. The summed E-state index contributed by atoms with van der Waals surface area (Å²) in [5.74, 6) is 0.131. The van der Waals surface area contributed by atoms with Crippen LogP contribution in [0.25, 0.3) is 0 Å². The zero-order chi connectivity index (χ0) is 16.8. The number of carbonyl (C=O) groups excluding carboxylic acids is 1. The van der Waals surface area contributed by atoms with Crippen LogP contribution in [0.1, 0.15) is 18.1 Å². The molecule has 0 spiro atoms. The van der Waals surface area contributed by atoms with E-state index in [0.717, 1.165) is 21.3 Å². The summed E-state index contributed by atoms with van der Waals surface area (Å²) in [7, 11) is 1.60. The largest absolute Gasteiger partial charge is 0.496 e. The number of rotatable bonds is 6. The van der Waals surface area contributed by atoms with Crippen LogP contribution in [0.4, 0.5) is 4.39 Å². The molecule has 5 heteroatoms. The molecule has 0 heterocycles. The molecule has 23 heavy (non-hydrogen) atoms. The molecule has 0 aliphatic rings. The van der Waals surface area contributed by atoms with E-state index in [1.807, 2.05) is 31.2 Å². The van der Waals surface area contributed by atoms with Crippen LogP contribution in [-0.2, 0) is 17.8 Å². The van der Waals surface area contributed by atoms with Gasteiger partial charge in [-0.05, 0) is 42.3 Å². The molecule has 1 unspecified atom stereocenters. The lowest BCUT2D eigenvalue weighted by molar-refractivity contribution is -0.124. The first-order valence-electron chi connectivity index (χ1n) is 7.34. The summed E-state index contributed by atoms with van der Waals surface area (Å²) >= 11 is 3.41. The molecule has 3 nitrogen and oxygen atoms in total. The standard InChI is InChI=1S/C18H19BrFNO2/c1-12(8-13-4-3-5-16(20)9-13)18(22)21-11-14-10-15(19)6-7-17(14)23-2/h3-7,9-10,12H,8,11H2,1-2H3,(H,21,22). The Morgan fingerprint density at radius 2 is 2.09 bits per heavy atom. The molecule has 1 N–H and O–H groups in total. The topological polar surface area (TPSA) is 38.3 Å². The minimum atomic E-state index is -0.283. The highest BCUT2D eigenvalue weighted by Crippen LogP contribution is 2.23. The molecule has 0 saturated heterocycles. The van der Waals surface area contributed by atoms with Crippen LogP contribution in [0.5, 0.6) is 5.75 Å². The van der Waals surface area contributed by atoms with E-state index in [1.165, 1.54) is 12.1 Å². The molecule has 2 aromatic carbocycles. The van der Waals surface area contributed by atoms with Crippen LogP contribution >= 0.6 is 15.9 Å². The molecule has 0 radical (unpaired) electrons. The first-order valence-corrected chi connectivity index (χ1v) is 8.13. The number of hydrogen-bond donors (Lipinski definition) is 1. The minimum Gasteiger partial charge on any atom is -0.496 e. The Kier molecular flexibility index (Phi) is 6.16. The molecule has 122 valence electrons. The highest BCUT2D eigenvalue weighted by molar-refractivity contribution is 9.10. The van der Waals surface area contributed by atoms with Crippen LogP contribution < -0.4 is 10.1 Å². The highest BCUT2D eigenvalue weighted by Gasteiger charge is 2.14. The van der Waals surface area contributed by atoms with Gasteiger partial charge >= 0.3 is 0 Å². The van der Waals surface area contributed by atoms with Crippen molar-refractivity contribution in [1.29, 1.82) is 0 Å². The fraction of sp³-hybridized carbons (Fsp3) is 0.278. The third kappa shape index (κ3) is 5.06. The van der Waals surface area contributed by atoms with Gasteiger partial charge in [0.05, 0.1) is 7.11 Å². The number of carbonyl (C=O) groups is 1. The molecule has 2 aromatic rings. The molecular formula is C18H19BrFNO2. The summed E-state index contributed by atoms with van der Waals surface area (Å²) in [6.45, 7) is 2.22. The molecule has 0 aliphatic heterocycles. The van der Waals surface area contributed by atoms with Crippen molar-refractivity contribution in [2.75, 3.05) is 7.11 Å². The Hall–Kier alpha value is -1.88. The van der Waals surface area contributed by atoms with Gasteiger partial charge in [0.1, 0.15) is 11.6 Å². The molecule has 0 fully saturated rings. The maximum atomic E-state index is 13.2. The third-order valence-corrected chi connectivity index (χ3v) is 4.07. The lowest BCUT2D eigenvalue weighted by atomic mass is 10.00. The van der Waals surface area contributed by atoms with Gasteiger partial charge in [-0.15, -0.1) is 0 Å². The van der Waals surface area contributed by atoms with Crippen molar-refractivity contribution in [2.45, 2.75) is 19.9 Å². The molecule has 0 saturated carbocycles. The summed E-state index contributed by atoms with van der Waals surface area (Å²) in [6, 6.07) is 12.0. The van der Waals surface area contributed by atoms with E-state index in [-0.39, 0.29) is 17.6 Å². The lowest BCUT2D eigenvalue weighted by Gasteiger charge is -2.14. The quantitative estimate of drug-likeness (QED) is 0.820. The Morgan fingerprint density at radius 3 is 2.78 bits per heavy atom. The molecule has 0 aliphatic carbocycles. The third-order valence-electron chi connectivity index (χ3n) is 3.57. The van der Waals surface area contributed by atoms with E-state index >= 15 is 0 Å². The van der Waals surface area contributed by atoms with Gasteiger partial charge < -0.3 is 10.1 Å². The van der Waals surface area contributed by atoms with E-state index in [1.54, 1.807) is 13.2 Å². The second-order valence-electron chi connectivity index (χ2n) is 5.41. The fourth-order valence-electron chi connectivity index (χ4n) is 2.35. The van der Waals surface area contributed by atoms with Crippen molar-refractivity contribution in [1.82, 2.24) is 5.32 Å². The summed E-state index contributed by atoms with van der Waals surface area (Å²) in [5, 5.41) is 2.90. The number of methoxy groups -OCH3 is 1. The predicted molar refractivity (Wildman–Crippen MR) is 91.8 cm³/mol. The van der Waals surface area contributed by atoms with Crippen LogP contribution in [0.15, 0.2) is 46.9 Å².